The molecule has 258 valence electrons. The molecule has 3 unspecified atom stereocenters. The number of likely N-dealkylation sites (tertiary alicyclic amines) is 1. The van der Waals surface area contributed by atoms with Gasteiger partial charge in [-0.3, -0.25) is 39.6 Å². The van der Waals surface area contributed by atoms with Gasteiger partial charge in [-0.15, -0.1) is 0 Å². The molecule has 12 nitrogen and oxygen atoms in total. The molecule has 1 aromatic rings. The van der Waals surface area contributed by atoms with Crippen LogP contribution in [0.4, 0.5) is 0 Å². The summed E-state index contributed by atoms with van der Waals surface area (Å²) in [6, 6.07) is 1.51. The van der Waals surface area contributed by atoms with E-state index in [2.05, 4.69) is 20.9 Å². The van der Waals surface area contributed by atoms with E-state index in [9.17, 15) is 29.1 Å². The maximum atomic E-state index is 14.4. The largest absolute Gasteiger partial charge is 0.365 e. The van der Waals surface area contributed by atoms with Gasteiger partial charge < -0.3 is 21.1 Å². The molecule has 0 bridgehead atoms. The van der Waals surface area contributed by atoms with E-state index in [0.717, 1.165) is 32.1 Å². The number of amides is 3. The minimum Gasteiger partial charge on any atom is -0.365 e. The van der Waals surface area contributed by atoms with Crippen molar-refractivity contribution in [2.75, 3.05) is 6.54 Å². The quantitative estimate of drug-likeness (QED) is 0.0819. The number of primary amides is 1. The minimum absolute atomic E-state index is 0.00106. The van der Waals surface area contributed by atoms with Gasteiger partial charge in [-0.25, -0.2) is 0 Å². The summed E-state index contributed by atoms with van der Waals surface area (Å²) >= 11 is 0. The number of ketones is 2. The lowest BCUT2D eigenvalue weighted by Gasteiger charge is -2.39. The Bertz CT molecular complexity index is 1320. The molecule has 6 N–H and O–H groups in total. The molecule has 6 atom stereocenters. The highest BCUT2D eigenvalue weighted by Gasteiger charge is 2.48. The summed E-state index contributed by atoms with van der Waals surface area (Å²) in [5.41, 5.74) is 4.90. The molecule has 2 aliphatic carbocycles. The SMILES string of the molecule is CC(C)[C@H]1CCN(C(=O)[C@@H](NC(O)N[C@H](C(=O)c2ccccn2)C2CCCCC2)C(C)(C)C)C1C(=O)NC(CC1C=C1)C(=O)C(N)=O. The third-order valence-corrected chi connectivity index (χ3v) is 9.80. The molecule has 12 heteroatoms. The Morgan fingerprint density at radius 1 is 1.02 bits per heavy atom. The number of aromatic nitrogens is 1. The number of allylic oxidation sites excluding steroid dienone is 2. The maximum absolute atomic E-state index is 14.4. The molecule has 3 aliphatic rings. The third kappa shape index (κ3) is 9.33. The highest BCUT2D eigenvalue weighted by molar-refractivity contribution is 6.37. The predicted octanol–water partition coefficient (Wildman–Crippen LogP) is 2.07. The second kappa shape index (κ2) is 15.6. The fourth-order valence-corrected chi connectivity index (χ4v) is 7.06. The Morgan fingerprint density at radius 2 is 1.70 bits per heavy atom. The molecule has 2 fully saturated rings. The van der Waals surface area contributed by atoms with E-state index in [1.807, 2.05) is 46.8 Å². The van der Waals surface area contributed by atoms with E-state index in [4.69, 9.17) is 5.73 Å². The van der Waals surface area contributed by atoms with Crippen LogP contribution in [-0.4, -0.2) is 81.3 Å². The second-order valence-electron chi connectivity index (χ2n) is 14.7. The topological polar surface area (TPSA) is 184 Å². The highest BCUT2D eigenvalue weighted by atomic mass is 16.3. The van der Waals surface area contributed by atoms with Gasteiger partial charge in [0, 0.05) is 12.7 Å². The van der Waals surface area contributed by atoms with Crippen LogP contribution < -0.4 is 21.7 Å². The van der Waals surface area contributed by atoms with Crippen LogP contribution in [0.3, 0.4) is 0 Å². The Labute approximate surface area is 277 Å². The van der Waals surface area contributed by atoms with Crippen molar-refractivity contribution in [2.45, 2.75) is 110 Å². The van der Waals surface area contributed by atoms with E-state index in [1.165, 1.54) is 4.90 Å². The summed E-state index contributed by atoms with van der Waals surface area (Å²) in [5.74, 6) is -3.26. The molecule has 3 amide bonds. The second-order valence-corrected chi connectivity index (χ2v) is 14.7. The summed E-state index contributed by atoms with van der Waals surface area (Å²) in [4.78, 5) is 72.1. The molecule has 1 saturated heterocycles. The van der Waals surface area contributed by atoms with Gasteiger partial charge in [0.1, 0.15) is 11.7 Å². The van der Waals surface area contributed by atoms with Crippen molar-refractivity contribution in [3.05, 3.63) is 42.2 Å². The number of aliphatic hydroxyl groups is 1. The van der Waals surface area contributed by atoms with Crippen molar-refractivity contribution in [1.82, 2.24) is 25.8 Å². The molecule has 4 rings (SSSR count). The summed E-state index contributed by atoms with van der Waals surface area (Å²) < 4.78 is 0. The zero-order valence-corrected chi connectivity index (χ0v) is 28.3. The number of rotatable bonds is 15. The smallest absolute Gasteiger partial charge is 0.287 e. The monoisotopic (exact) mass is 652 g/mol. The zero-order valence-electron chi connectivity index (χ0n) is 28.3. The molecule has 0 aromatic carbocycles. The number of nitrogens with two attached hydrogens (primary N) is 1. The number of Topliss-reactive ketones (excluding diaryl/α,β-unsaturated/α-hetero) is 2. The van der Waals surface area contributed by atoms with Gasteiger partial charge in [-0.2, -0.15) is 0 Å². The fourth-order valence-electron chi connectivity index (χ4n) is 7.06. The zero-order chi connectivity index (χ0) is 34.5. The van der Waals surface area contributed by atoms with Crippen LogP contribution in [0.15, 0.2) is 36.5 Å². The van der Waals surface area contributed by atoms with Crippen LogP contribution in [0.2, 0.25) is 0 Å². The van der Waals surface area contributed by atoms with Gasteiger partial charge in [0.15, 0.2) is 12.1 Å². The van der Waals surface area contributed by atoms with Gasteiger partial charge in [0.05, 0.1) is 18.1 Å². The molecule has 0 spiro atoms. The Hall–Kier alpha value is -3.48. The van der Waals surface area contributed by atoms with E-state index >= 15 is 0 Å². The van der Waals surface area contributed by atoms with E-state index in [1.54, 1.807) is 24.4 Å². The first-order chi connectivity index (χ1) is 22.2. The minimum atomic E-state index is -1.41. The Kier molecular flexibility index (Phi) is 12.1. The van der Waals surface area contributed by atoms with Crippen LogP contribution >= 0.6 is 0 Å². The van der Waals surface area contributed by atoms with Gasteiger partial charge in [0.2, 0.25) is 17.6 Å². The van der Waals surface area contributed by atoms with E-state index in [-0.39, 0.29) is 41.8 Å². The number of pyridine rings is 1. The lowest BCUT2D eigenvalue weighted by molar-refractivity contribution is -0.145. The van der Waals surface area contributed by atoms with Crippen LogP contribution in [0.1, 0.15) is 90.1 Å². The van der Waals surface area contributed by atoms with Gasteiger partial charge in [0.25, 0.3) is 5.91 Å². The standard InChI is InChI=1S/C35H52N6O6/c1-20(2)23-16-18-41(27(23)32(45)38-25(19-21-14-15-21)29(43)31(36)44)33(46)30(35(3,4)5)40-34(47)39-26(22-11-7-6-8-12-22)28(42)24-13-9-10-17-37-24/h9-10,13-15,17,20-23,25-27,30,34,39-40,47H,6-8,11-12,16,18-19H2,1-5H3,(H2,36,44)(H,38,45)/t23-,25?,26+,27?,30-,34?/m1/s1. The number of nitrogens with zero attached hydrogens (tertiary/aromatic N) is 2. The summed E-state index contributed by atoms with van der Waals surface area (Å²) in [6.45, 7) is 9.86. The van der Waals surface area contributed by atoms with Crippen molar-refractivity contribution in [3.8, 4) is 0 Å². The Balaban J connectivity index is 1.54. The molecular formula is C35H52N6O6. The Morgan fingerprint density at radius 3 is 2.26 bits per heavy atom. The van der Waals surface area contributed by atoms with Crippen molar-refractivity contribution in [3.63, 3.8) is 0 Å². The first-order valence-corrected chi connectivity index (χ1v) is 17.0. The lowest BCUT2D eigenvalue weighted by atomic mass is 9.81. The van der Waals surface area contributed by atoms with Crippen LogP contribution in [0.5, 0.6) is 0 Å². The van der Waals surface area contributed by atoms with Crippen LogP contribution in [0, 0.1) is 29.1 Å². The fraction of sp³-hybridized carbons (Fsp3) is 0.657. The van der Waals surface area contributed by atoms with Gasteiger partial charge >= 0.3 is 0 Å². The number of hydrogen-bond donors (Lipinski definition) is 5. The first kappa shape index (κ1) is 36.4. The van der Waals surface area contributed by atoms with Crippen molar-refractivity contribution in [1.29, 1.82) is 0 Å². The normalized spacial score (nSPS) is 22.8. The van der Waals surface area contributed by atoms with Crippen molar-refractivity contribution in [2.24, 2.45) is 34.8 Å². The lowest BCUT2D eigenvalue weighted by Crippen LogP contribution is -2.63. The van der Waals surface area contributed by atoms with E-state index < -0.39 is 53.5 Å². The number of carbonyl (C=O) groups excluding carboxylic acids is 5. The van der Waals surface area contributed by atoms with E-state index in [0.29, 0.717) is 18.7 Å². The summed E-state index contributed by atoms with van der Waals surface area (Å²) in [5, 5.41) is 20.2. The molecule has 1 aliphatic heterocycles. The number of carbonyl (C=O) groups is 5. The van der Waals surface area contributed by atoms with Gasteiger partial charge in [-0.05, 0) is 66.9 Å². The molecule has 47 heavy (non-hydrogen) atoms. The molecule has 1 aromatic heterocycles. The van der Waals surface area contributed by atoms with Crippen LogP contribution in [0.25, 0.3) is 0 Å². The average molecular weight is 653 g/mol. The molecule has 1 saturated carbocycles. The van der Waals surface area contributed by atoms with Crippen LogP contribution in [-0.2, 0) is 19.2 Å². The van der Waals surface area contributed by atoms with Crippen molar-refractivity contribution < 1.29 is 29.1 Å². The molecular weight excluding hydrogens is 600 g/mol. The third-order valence-electron chi connectivity index (χ3n) is 9.80. The number of aliphatic hydroxyl groups excluding tert-OH is 1. The van der Waals surface area contributed by atoms with Crippen molar-refractivity contribution >= 4 is 29.3 Å². The maximum Gasteiger partial charge on any atom is 0.287 e. The average Bonchev–Trinajstić information content (AvgIpc) is 3.74. The number of hydrogen-bond acceptors (Lipinski definition) is 9. The number of nitrogens with one attached hydrogen (secondary N) is 3. The summed E-state index contributed by atoms with van der Waals surface area (Å²) in [6.07, 6.45) is 9.44. The predicted molar refractivity (Wildman–Crippen MR) is 176 cm³/mol. The molecule has 2 heterocycles. The first-order valence-electron chi connectivity index (χ1n) is 17.0. The molecule has 0 radical (unpaired) electrons. The summed E-state index contributed by atoms with van der Waals surface area (Å²) in [7, 11) is 0. The van der Waals surface area contributed by atoms with Gasteiger partial charge in [-0.1, -0.05) is 72.1 Å². The highest BCUT2D eigenvalue weighted by Crippen LogP contribution is 2.34.